The quantitative estimate of drug-likeness (QED) is 0.775. The average molecular weight is 431 g/mol. The number of hydrogen-bond acceptors (Lipinski definition) is 5. The highest BCUT2D eigenvalue weighted by atomic mass is 35.5. The van der Waals surface area contributed by atoms with Gasteiger partial charge < -0.3 is 15.8 Å². The van der Waals surface area contributed by atoms with Gasteiger partial charge in [-0.3, -0.25) is 9.79 Å². The van der Waals surface area contributed by atoms with Crippen molar-refractivity contribution in [2.45, 2.75) is 18.9 Å². The van der Waals surface area contributed by atoms with Gasteiger partial charge in [0.2, 0.25) is 0 Å². The van der Waals surface area contributed by atoms with Crippen LogP contribution in [-0.4, -0.2) is 36.4 Å². The summed E-state index contributed by atoms with van der Waals surface area (Å²) in [5, 5.41) is 3.07. The highest BCUT2D eigenvalue weighted by molar-refractivity contribution is 6.30. The molecule has 0 spiro atoms. The topological polar surface area (TPSA) is 89.6 Å². The molecule has 3 N–H and O–H groups in total. The third-order valence-electron chi connectivity index (χ3n) is 4.16. The summed E-state index contributed by atoms with van der Waals surface area (Å²) in [6.45, 7) is 1.40. The minimum Gasteiger partial charge on any atom is -0.385 e. The number of hydrogen-bond donors (Lipinski definition) is 2. The number of carbonyl (C=O) groups is 1. The first-order valence-electron chi connectivity index (χ1n) is 8.06. The van der Waals surface area contributed by atoms with Gasteiger partial charge in [0, 0.05) is 11.9 Å². The van der Waals surface area contributed by atoms with E-state index in [0.717, 1.165) is 0 Å². The second-order valence-corrected chi connectivity index (χ2v) is 6.61. The Kier molecular flexibility index (Phi) is 6.92. The van der Waals surface area contributed by atoms with Crippen LogP contribution in [-0.2, 0) is 10.3 Å². The number of nitrogens with two attached hydrogens (primary N) is 1. The van der Waals surface area contributed by atoms with Crippen LogP contribution in [0.4, 0.5) is 14.5 Å². The Labute approximate surface area is 171 Å². The number of benzene rings is 1. The van der Waals surface area contributed by atoms with Gasteiger partial charge in [-0.2, -0.15) is 0 Å². The maximum Gasteiger partial charge on any atom is 0.274 e. The fraction of sp³-hybridized carbons (Fsp3) is 0.278. The summed E-state index contributed by atoms with van der Waals surface area (Å²) in [6, 6.07) is 7.68. The van der Waals surface area contributed by atoms with Crippen LogP contribution in [0.25, 0.3) is 0 Å². The van der Waals surface area contributed by atoms with E-state index in [4.69, 9.17) is 22.1 Å². The molecule has 28 heavy (non-hydrogen) atoms. The molecule has 1 aliphatic heterocycles. The Hall–Kier alpha value is -2.29. The predicted octanol–water partition coefficient (Wildman–Crippen LogP) is 3.57. The molecule has 0 radical (unpaired) electrons. The van der Waals surface area contributed by atoms with Crippen LogP contribution in [0.3, 0.4) is 0 Å². The number of nitrogens with one attached hydrogen (secondary N) is 1. The van der Waals surface area contributed by atoms with E-state index >= 15 is 0 Å². The van der Waals surface area contributed by atoms with E-state index in [2.05, 4.69) is 15.3 Å². The zero-order chi connectivity index (χ0) is 19.6. The molecule has 1 unspecified atom stereocenters. The molecular weight excluding hydrogens is 413 g/mol. The molecule has 3 rings (SSSR count). The van der Waals surface area contributed by atoms with E-state index in [1.165, 1.54) is 18.3 Å². The van der Waals surface area contributed by atoms with Gasteiger partial charge in [0.1, 0.15) is 18.1 Å². The van der Waals surface area contributed by atoms with Gasteiger partial charge in [-0.15, -0.1) is 12.4 Å². The molecule has 0 aliphatic carbocycles. The number of anilines is 1. The molecule has 0 saturated heterocycles. The number of carbonyl (C=O) groups excluding carboxylic acids is 1. The van der Waals surface area contributed by atoms with E-state index < -0.39 is 17.9 Å². The number of nitrogens with zero attached hydrogens (tertiary/aromatic N) is 2. The third-order valence-corrected chi connectivity index (χ3v) is 4.36. The molecule has 0 bridgehead atoms. The van der Waals surface area contributed by atoms with Gasteiger partial charge in [-0.05, 0) is 36.2 Å². The maximum atomic E-state index is 13.8. The fourth-order valence-corrected chi connectivity index (χ4v) is 3.06. The Bertz CT molecular complexity index is 911. The van der Waals surface area contributed by atoms with Crippen molar-refractivity contribution in [1.29, 1.82) is 0 Å². The molecule has 1 aromatic carbocycles. The second-order valence-electron chi connectivity index (χ2n) is 6.17. The zero-order valence-corrected chi connectivity index (χ0v) is 16.4. The van der Waals surface area contributed by atoms with Crippen molar-refractivity contribution >= 4 is 41.4 Å². The lowest BCUT2D eigenvalue weighted by molar-refractivity contribution is -0.0129. The summed E-state index contributed by atoms with van der Waals surface area (Å²) in [7, 11) is 0. The first kappa shape index (κ1) is 22.0. The Morgan fingerprint density at radius 2 is 2.14 bits per heavy atom. The summed E-state index contributed by atoms with van der Waals surface area (Å²) in [5.41, 5.74) is 5.01. The Morgan fingerprint density at radius 3 is 2.79 bits per heavy atom. The van der Waals surface area contributed by atoms with Crippen LogP contribution in [0.2, 0.25) is 5.02 Å². The third kappa shape index (κ3) is 4.40. The smallest absolute Gasteiger partial charge is 0.274 e. The predicted molar refractivity (Wildman–Crippen MR) is 106 cm³/mol. The van der Waals surface area contributed by atoms with Crippen LogP contribution < -0.4 is 11.1 Å². The normalized spacial score (nSPS) is 19.0. The monoisotopic (exact) mass is 430 g/mol. The van der Waals surface area contributed by atoms with Gasteiger partial charge in [-0.25, -0.2) is 13.8 Å². The molecule has 1 atom stereocenters. The lowest BCUT2D eigenvalue weighted by atomic mass is 9.90. The summed E-state index contributed by atoms with van der Waals surface area (Å²) in [6.07, 6.45) is -1.47. The standard InChI is InChI=1S/C18H17ClF2N4O2.ClH/c1-10-5-12(19)7-23-15(10)16(26)24-13-4-2-3-11(6-13)18(17(20)21)9-27-8-14(22)25-18;/h2-7,17H,8-9H2,1H3,(H2,22,25)(H,24,26);1H. The largest absolute Gasteiger partial charge is 0.385 e. The highest BCUT2D eigenvalue weighted by Crippen LogP contribution is 2.36. The Balaban J connectivity index is 0.00000280. The van der Waals surface area contributed by atoms with E-state index in [1.807, 2.05) is 0 Å². The lowest BCUT2D eigenvalue weighted by Gasteiger charge is -2.33. The number of aliphatic imine (C=N–C) groups is 1. The van der Waals surface area contributed by atoms with Crippen molar-refractivity contribution in [1.82, 2.24) is 4.98 Å². The average Bonchev–Trinajstić information content (AvgIpc) is 2.61. The molecule has 1 amide bonds. The van der Waals surface area contributed by atoms with Crippen LogP contribution in [0, 0.1) is 6.92 Å². The minimum atomic E-state index is -2.83. The van der Waals surface area contributed by atoms with Crippen molar-refractivity contribution < 1.29 is 18.3 Å². The first-order chi connectivity index (χ1) is 12.8. The molecule has 0 saturated carbocycles. The van der Waals surface area contributed by atoms with Crippen LogP contribution in [0.15, 0.2) is 41.5 Å². The van der Waals surface area contributed by atoms with Crippen LogP contribution in [0.1, 0.15) is 21.6 Å². The zero-order valence-electron chi connectivity index (χ0n) is 14.8. The molecule has 0 fully saturated rings. The highest BCUT2D eigenvalue weighted by Gasteiger charge is 2.44. The minimum absolute atomic E-state index is 0. The summed E-state index contributed by atoms with van der Waals surface area (Å²) >= 11 is 5.85. The van der Waals surface area contributed by atoms with Crippen molar-refractivity contribution in [3.8, 4) is 0 Å². The molecule has 1 aliphatic rings. The van der Waals surface area contributed by atoms with Gasteiger partial charge in [0.25, 0.3) is 12.3 Å². The number of alkyl halides is 2. The number of rotatable bonds is 4. The first-order valence-corrected chi connectivity index (χ1v) is 8.44. The van der Waals surface area contributed by atoms with Crippen LogP contribution >= 0.6 is 24.0 Å². The molecule has 2 heterocycles. The molecule has 1 aromatic heterocycles. The SMILES string of the molecule is Cc1cc(Cl)cnc1C(=O)Nc1cccc(C2(C(F)F)COCC(N)=N2)c1.Cl. The van der Waals surface area contributed by atoms with Gasteiger partial charge in [-0.1, -0.05) is 23.7 Å². The van der Waals surface area contributed by atoms with Gasteiger partial charge >= 0.3 is 0 Å². The molecule has 2 aromatic rings. The number of pyridine rings is 1. The van der Waals surface area contributed by atoms with Gasteiger partial charge in [0.05, 0.1) is 11.6 Å². The van der Waals surface area contributed by atoms with Crippen molar-refractivity contribution in [2.24, 2.45) is 10.7 Å². The Morgan fingerprint density at radius 1 is 1.39 bits per heavy atom. The van der Waals surface area contributed by atoms with E-state index in [0.29, 0.717) is 16.3 Å². The van der Waals surface area contributed by atoms with Gasteiger partial charge in [0.15, 0.2) is 5.54 Å². The number of aryl methyl sites for hydroxylation is 1. The summed E-state index contributed by atoms with van der Waals surface area (Å²) in [4.78, 5) is 20.4. The molecular formula is C18H18Cl2F2N4O2. The lowest BCUT2D eigenvalue weighted by Crippen LogP contribution is -2.44. The fourth-order valence-electron chi connectivity index (χ4n) is 2.85. The van der Waals surface area contributed by atoms with E-state index in [1.54, 1.807) is 25.1 Å². The van der Waals surface area contributed by atoms with Crippen molar-refractivity contribution in [3.63, 3.8) is 0 Å². The number of amides is 1. The number of halogens is 4. The maximum absolute atomic E-state index is 13.8. The number of aromatic nitrogens is 1. The van der Waals surface area contributed by atoms with E-state index in [9.17, 15) is 13.6 Å². The molecule has 6 nitrogen and oxygen atoms in total. The van der Waals surface area contributed by atoms with E-state index in [-0.39, 0.29) is 42.7 Å². The second kappa shape index (κ2) is 8.81. The molecule has 10 heteroatoms. The van der Waals surface area contributed by atoms with Crippen molar-refractivity contribution in [2.75, 3.05) is 18.5 Å². The summed E-state index contributed by atoms with van der Waals surface area (Å²) in [5.74, 6) is -0.479. The molecule has 150 valence electrons. The van der Waals surface area contributed by atoms with Crippen LogP contribution in [0.5, 0.6) is 0 Å². The van der Waals surface area contributed by atoms with Crippen molar-refractivity contribution in [3.05, 3.63) is 58.4 Å². The number of ether oxygens (including phenoxy) is 1. The summed E-state index contributed by atoms with van der Waals surface area (Å²) < 4.78 is 32.8. The number of amidine groups is 1.